The summed E-state index contributed by atoms with van der Waals surface area (Å²) in [5, 5.41) is 2.52. The zero-order valence-electron chi connectivity index (χ0n) is 15.1. The lowest BCUT2D eigenvalue weighted by atomic mass is 9.90. The van der Waals surface area contributed by atoms with Crippen LogP contribution in [0.15, 0.2) is 48.8 Å². The van der Waals surface area contributed by atoms with E-state index in [2.05, 4.69) is 17.2 Å². The highest BCUT2D eigenvalue weighted by Gasteiger charge is 2.34. The van der Waals surface area contributed by atoms with Crippen LogP contribution in [0.25, 0.3) is 0 Å². The van der Waals surface area contributed by atoms with Crippen molar-refractivity contribution in [2.45, 2.75) is 25.8 Å². The Balaban J connectivity index is 1.78. The second-order valence-corrected chi connectivity index (χ2v) is 6.85. The highest BCUT2D eigenvalue weighted by molar-refractivity contribution is 6.39. The molecule has 1 aromatic heterocycles. The molecule has 3 N–H and O–H groups in total. The Bertz CT molecular complexity index is 853. The minimum absolute atomic E-state index is 0.129. The molecule has 0 bridgehead atoms. The van der Waals surface area contributed by atoms with Gasteiger partial charge in [-0.05, 0) is 30.4 Å². The summed E-state index contributed by atoms with van der Waals surface area (Å²) in [7, 11) is 0. The molecule has 0 aliphatic carbocycles. The lowest BCUT2D eigenvalue weighted by molar-refractivity contribution is -0.146. The van der Waals surface area contributed by atoms with Crippen molar-refractivity contribution in [3.05, 3.63) is 59.9 Å². The van der Waals surface area contributed by atoms with Crippen LogP contribution in [-0.4, -0.2) is 34.2 Å². The number of benzene rings is 1. The summed E-state index contributed by atoms with van der Waals surface area (Å²) in [5.41, 5.74) is 6.65. The van der Waals surface area contributed by atoms with E-state index in [1.165, 1.54) is 18.5 Å². The molecule has 0 saturated carbocycles. The Hall–Kier alpha value is -3.22. The number of nitrogens with zero attached hydrogens (tertiary/aromatic N) is 2. The van der Waals surface area contributed by atoms with Gasteiger partial charge in [-0.2, -0.15) is 0 Å². The Labute approximate surface area is 157 Å². The standard InChI is InChI=1S/C20H22N4O3/c1-13-7-8-17(14-5-3-2-4-6-14)24(12-13)20(27)19(26)23-16-9-15(18(21)25)10-22-11-16/h2-6,9-11,13,17H,7-8,12H2,1H3,(H2,21,25)(H,23,26)/t13-,17+/m0/s1. The molecule has 1 aliphatic heterocycles. The maximum absolute atomic E-state index is 12.9. The first kappa shape index (κ1) is 18.6. The molecule has 7 nitrogen and oxygen atoms in total. The summed E-state index contributed by atoms with van der Waals surface area (Å²) in [5.74, 6) is -1.69. The molecule has 3 amide bonds. The first-order valence-electron chi connectivity index (χ1n) is 8.87. The first-order chi connectivity index (χ1) is 13.0. The van der Waals surface area contributed by atoms with Crippen molar-refractivity contribution in [1.82, 2.24) is 9.88 Å². The van der Waals surface area contributed by atoms with Crippen LogP contribution >= 0.6 is 0 Å². The number of piperidine rings is 1. The Kier molecular flexibility index (Phi) is 5.49. The van der Waals surface area contributed by atoms with E-state index in [0.717, 1.165) is 18.4 Å². The molecule has 2 aromatic rings. The number of aromatic nitrogens is 1. The fraction of sp³-hybridized carbons (Fsp3) is 0.300. The van der Waals surface area contributed by atoms with E-state index in [-0.39, 0.29) is 17.3 Å². The number of carbonyl (C=O) groups excluding carboxylic acids is 3. The number of primary amides is 1. The molecule has 1 aliphatic rings. The maximum Gasteiger partial charge on any atom is 0.313 e. The summed E-state index contributed by atoms with van der Waals surface area (Å²) in [6.07, 6.45) is 4.47. The van der Waals surface area contributed by atoms with Gasteiger partial charge in [0.05, 0.1) is 23.5 Å². The van der Waals surface area contributed by atoms with Crippen LogP contribution in [0, 0.1) is 5.92 Å². The number of nitrogens with one attached hydrogen (secondary N) is 1. The van der Waals surface area contributed by atoms with E-state index in [9.17, 15) is 14.4 Å². The topological polar surface area (TPSA) is 105 Å². The van der Waals surface area contributed by atoms with Crippen LogP contribution in [0.4, 0.5) is 5.69 Å². The molecule has 0 unspecified atom stereocenters. The maximum atomic E-state index is 12.9. The number of hydrogen-bond donors (Lipinski definition) is 2. The van der Waals surface area contributed by atoms with E-state index in [1.807, 2.05) is 30.3 Å². The van der Waals surface area contributed by atoms with E-state index in [4.69, 9.17) is 5.73 Å². The average molecular weight is 366 g/mol. The van der Waals surface area contributed by atoms with Gasteiger partial charge < -0.3 is 16.0 Å². The quantitative estimate of drug-likeness (QED) is 0.812. The van der Waals surface area contributed by atoms with E-state index >= 15 is 0 Å². The van der Waals surface area contributed by atoms with Gasteiger partial charge in [-0.15, -0.1) is 0 Å². The average Bonchev–Trinajstić information content (AvgIpc) is 2.68. The Morgan fingerprint density at radius 2 is 1.89 bits per heavy atom. The number of anilines is 1. The van der Waals surface area contributed by atoms with Crippen molar-refractivity contribution >= 4 is 23.4 Å². The molecule has 3 rings (SSSR count). The monoisotopic (exact) mass is 366 g/mol. The molecule has 140 valence electrons. The largest absolute Gasteiger partial charge is 0.366 e. The second kappa shape index (κ2) is 7.99. The van der Waals surface area contributed by atoms with Gasteiger partial charge in [0.2, 0.25) is 5.91 Å². The fourth-order valence-corrected chi connectivity index (χ4v) is 3.36. The predicted molar refractivity (Wildman–Crippen MR) is 101 cm³/mol. The van der Waals surface area contributed by atoms with Crippen LogP contribution in [0.1, 0.15) is 41.7 Å². The lowest BCUT2D eigenvalue weighted by Gasteiger charge is -2.38. The third-order valence-corrected chi connectivity index (χ3v) is 4.74. The van der Waals surface area contributed by atoms with Gasteiger partial charge >= 0.3 is 11.8 Å². The van der Waals surface area contributed by atoms with E-state index in [0.29, 0.717) is 12.5 Å². The molecule has 1 fully saturated rings. The third kappa shape index (κ3) is 4.31. The first-order valence-corrected chi connectivity index (χ1v) is 8.87. The van der Waals surface area contributed by atoms with Gasteiger partial charge in [0.1, 0.15) is 0 Å². The van der Waals surface area contributed by atoms with Crippen LogP contribution in [0.2, 0.25) is 0 Å². The summed E-state index contributed by atoms with van der Waals surface area (Å²) >= 11 is 0. The Morgan fingerprint density at radius 3 is 2.59 bits per heavy atom. The van der Waals surface area contributed by atoms with Gasteiger partial charge in [0.15, 0.2) is 0 Å². The molecular formula is C20H22N4O3. The molecule has 0 spiro atoms. The van der Waals surface area contributed by atoms with Gasteiger partial charge in [0.25, 0.3) is 0 Å². The number of nitrogens with two attached hydrogens (primary N) is 1. The normalized spacial score (nSPS) is 19.4. The molecule has 0 radical (unpaired) electrons. The molecule has 7 heteroatoms. The number of rotatable bonds is 3. The highest BCUT2D eigenvalue weighted by atomic mass is 16.2. The van der Waals surface area contributed by atoms with E-state index < -0.39 is 17.7 Å². The molecule has 27 heavy (non-hydrogen) atoms. The zero-order chi connectivity index (χ0) is 19.4. The fourth-order valence-electron chi connectivity index (χ4n) is 3.36. The SMILES string of the molecule is C[C@H]1CC[C@H](c2ccccc2)N(C(=O)C(=O)Nc2cncc(C(N)=O)c2)C1. The lowest BCUT2D eigenvalue weighted by Crippen LogP contribution is -2.46. The molecule has 1 saturated heterocycles. The van der Waals surface area contributed by atoms with Crippen molar-refractivity contribution in [3.8, 4) is 0 Å². The number of carbonyl (C=O) groups is 3. The highest BCUT2D eigenvalue weighted by Crippen LogP contribution is 2.33. The molecule has 1 aromatic carbocycles. The molecule has 2 heterocycles. The zero-order valence-corrected chi connectivity index (χ0v) is 15.1. The number of amides is 3. The van der Waals surface area contributed by atoms with Crippen molar-refractivity contribution in [3.63, 3.8) is 0 Å². The second-order valence-electron chi connectivity index (χ2n) is 6.85. The van der Waals surface area contributed by atoms with Crippen LogP contribution in [0.3, 0.4) is 0 Å². The summed E-state index contributed by atoms with van der Waals surface area (Å²) in [6, 6.07) is 11.0. The third-order valence-electron chi connectivity index (χ3n) is 4.74. The van der Waals surface area contributed by atoms with Crippen molar-refractivity contribution in [1.29, 1.82) is 0 Å². The summed E-state index contributed by atoms with van der Waals surface area (Å²) in [4.78, 5) is 42.1. The van der Waals surface area contributed by atoms with E-state index in [1.54, 1.807) is 4.90 Å². The smallest absolute Gasteiger partial charge is 0.313 e. The van der Waals surface area contributed by atoms with Crippen molar-refractivity contribution in [2.75, 3.05) is 11.9 Å². The molecule has 2 atom stereocenters. The summed E-state index contributed by atoms with van der Waals surface area (Å²) in [6.45, 7) is 2.59. The van der Waals surface area contributed by atoms with Crippen LogP contribution in [-0.2, 0) is 9.59 Å². The van der Waals surface area contributed by atoms with Crippen LogP contribution < -0.4 is 11.1 Å². The van der Waals surface area contributed by atoms with Gasteiger partial charge in [0, 0.05) is 12.7 Å². The number of hydrogen-bond acceptors (Lipinski definition) is 4. The minimum atomic E-state index is -0.756. The minimum Gasteiger partial charge on any atom is -0.366 e. The molecular weight excluding hydrogens is 344 g/mol. The number of pyridine rings is 1. The van der Waals surface area contributed by atoms with Crippen molar-refractivity contribution < 1.29 is 14.4 Å². The predicted octanol–water partition coefficient (Wildman–Crippen LogP) is 2.12. The number of likely N-dealkylation sites (tertiary alicyclic amines) is 1. The van der Waals surface area contributed by atoms with Gasteiger partial charge in [-0.1, -0.05) is 37.3 Å². The van der Waals surface area contributed by atoms with Crippen LogP contribution in [0.5, 0.6) is 0 Å². The van der Waals surface area contributed by atoms with Crippen molar-refractivity contribution in [2.24, 2.45) is 11.7 Å². The van der Waals surface area contributed by atoms with Gasteiger partial charge in [-0.3, -0.25) is 19.4 Å². The Morgan fingerprint density at radius 1 is 1.15 bits per heavy atom. The van der Waals surface area contributed by atoms with Gasteiger partial charge in [-0.25, -0.2) is 0 Å². The summed E-state index contributed by atoms with van der Waals surface area (Å²) < 4.78 is 0.